The minimum absolute atomic E-state index is 0.0611. The predicted octanol–water partition coefficient (Wildman–Crippen LogP) is -0.0843. The SMILES string of the molecule is CCNC(=O)Cn1nc(-c2cnc(NC34CC(O)(C3)C4)nc2)ccc1=O. The molecule has 3 N–H and O–H groups in total. The van der Waals surface area contributed by atoms with Crippen LogP contribution in [0.15, 0.2) is 29.3 Å². The van der Waals surface area contributed by atoms with Crippen LogP contribution in [-0.4, -0.2) is 48.4 Å². The number of anilines is 1. The Balaban J connectivity index is 1.48. The minimum atomic E-state index is -0.478. The maximum Gasteiger partial charge on any atom is 0.267 e. The van der Waals surface area contributed by atoms with E-state index in [1.165, 1.54) is 6.07 Å². The molecule has 9 nitrogen and oxygen atoms in total. The van der Waals surface area contributed by atoms with Gasteiger partial charge >= 0.3 is 0 Å². The van der Waals surface area contributed by atoms with Crippen LogP contribution in [0.25, 0.3) is 11.3 Å². The molecule has 3 aliphatic carbocycles. The molecule has 0 atom stereocenters. The standard InChI is InChI=1S/C17H20N6O3/c1-2-18-13(24)7-23-14(25)4-3-12(22-23)11-5-19-15(20-6-11)21-16-8-17(26,9-16)10-16/h3-6,26H,2,7-10H2,1H3,(H,18,24)(H,19,20,21). The maximum atomic E-state index is 11.9. The number of carbonyl (C=O) groups excluding carboxylic acids is 1. The van der Waals surface area contributed by atoms with Gasteiger partial charge in [-0.15, -0.1) is 0 Å². The molecule has 0 aromatic carbocycles. The Bertz CT molecular complexity index is 888. The molecule has 9 heteroatoms. The van der Waals surface area contributed by atoms with E-state index in [9.17, 15) is 14.7 Å². The van der Waals surface area contributed by atoms with Crippen LogP contribution in [0, 0.1) is 0 Å². The van der Waals surface area contributed by atoms with Gasteiger partial charge in [-0.25, -0.2) is 14.6 Å². The Hall–Kier alpha value is -2.81. The highest BCUT2D eigenvalue weighted by molar-refractivity contribution is 5.75. The number of aromatic nitrogens is 4. The Morgan fingerprint density at radius 1 is 1.27 bits per heavy atom. The summed E-state index contributed by atoms with van der Waals surface area (Å²) in [7, 11) is 0. The zero-order valence-electron chi connectivity index (χ0n) is 14.4. The third kappa shape index (κ3) is 2.94. The summed E-state index contributed by atoms with van der Waals surface area (Å²) in [5, 5.41) is 19.9. The van der Waals surface area contributed by atoms with Gasteiger partial charge in [0.15, 0.2) is 0 Å². The molecule has 26 heavy (non-hydrogen) atoms. The van der Waals surface area contributed by atoms with Crippen LogP contribution >= 0.6 is 0 Å². The molecule has 3 aliphatic rings. The first kappa shape index (κ1) is 16.6. The first-order valence-corrected chi connectivity index (χ1v) is 8.58. The van der Waals surface area contributed by atoms with Crippen molar-refractivity contribution < 1.29 is 9.90 Å². The molecule has 0 spiro atoms. The van der Waals surface area contributed by atoms with Crippen molar-refractivity contribution in [1.29, 1.82) is 0 Å². The number of likely N-dealkylation sites (N-methyl/N-ethyl adjacent to an activating group) is 1. The van der Waals surface area contributed by atoms with E-state index in [1.807, 2.05) is 6.92 Å². The van der Waals surface area contributed by atoms with Crippen LogP contribution in [0.5, 0.6) is 0 Å². The van der Waals surface area contributed by atoms with Crippen molar-refractivity contribution in [3.8, 4) is 11.3 Å². The van der Waals surface area contributed by atoms with Gasteiger partial charge in [0, 0.05) is 36.1 Å². The molecule has 2 heterocycles. The number of nitrogens with zero attached hydrogens (tertiary/aromatic N) is 4. The highest BCUT2D eigenvalue weighted by atomic mass is 16.3. The molecule has 2 aromatic rings. The van der Waals surface area contributed by atoms with Crippen molar-refractivity contribution in [2.45, 2.75) is 43.9 Å². The summed E-state index contributed by atoms with van der Waals surface area (Å²) in [6, 6.07) is 2.95. The van der Waals surface area contributed by atoms with E-state index in [4.69, 9.17) is 0 Å². The summed E-state index contributed by atoms with van der Waals surface area (Å²) in [4.78, 5) is 32.2. The normalized spacial score (nSPS) is 25.8. The van der Waals surface area contributed by atoms with Gasteiger partial charge in [-0.05, 0) is 32.3 Å². The Labute approximate surface area is 149 Å². The Morgan fingerprint density at radius 2 is 1.96 bits per heavy atom. The van der Waals surface area contributed by atoms with Crippen molar-refractivity contribution in [1.82, 2.24) is 25.1 Å². The van der Waals surface area contributed by atoms with Gasteiger partial charge in [0.05, 0.1) is 11.3 Å². The smallest absolute Gasteiger partial charge is 0.267 e. The van der Waals surface area contributed by atoms with Crippen molar-refractivity contribution in [3.05, 3.63) is 34.9 Å². The molecule has 0 radical (unpaired) electrons. The Morgan fingerprint density at radius 3 is 2.58 bits per heavy atom. The van der Waals surface area contributed by atoms with Gasteiger partial charge in [0.25, 0.3) is 5.56 Å². The third-order valence-corrected chi connectivity index (χ3v) is 4.86. The quantitative estimate of drug-likeness (QED) is 0.661. The van der Waals surface area contributed by atoms with Crippen molar-refractivity contribution in [2.75, 3.05) is 11.9 Å². The minimum Gasteiger partial charge on any atom is -0.390 e. The average Bonchev–Trinajstić information content (AvgIpc) is 2.55. The number of aliphatic hydroxyl groups is 1. The lowest BCUT2D eigenvalue weighted by Crippen LogP contribution is -2.75. The number of amides is 1. The van der Waals surface area contributed by atoms with E-state index in [-0.39, 0.29) is 23.6 Å². The lowest BCUT2D eigenvalue weighted by atomic mass is 9.46. The van der Waals surface area contributed by atoms with E-state index in [1.54, 1.807) is 18.5 Å². The summed E-state index contributed by atoms with van der Waals surface area (Å²) < 4.78 is 1.12. The lowest BCUT2D eigenvalue weighted by Gasteiger charge is -2.67. The summed E-state index contributed by atoms with van der Waals surface area (Å²) in [5.74, 6) is 0.237. The molecule has 136 valence electrons. The van der Waals surface area contributed by atoms with E-state index < -0.39 is 5.60 Å². The first-order valence-electron chi connectivity index (χ1n) is 8.58. The number of rotatable bonds is 6. The van der Waals surface area contributed by atoms with E-state index in [0.29, 0.717) is 23.8 Å². The van der Waals surface area contributed by atoms with Gasteiger partial charge in [-0.1, -0.05) is 0 Å². The highest BCUT2D eigenvalue weighted by Gasteiger charge is 2.67. The fraction of sp³-hybridized carbons (Fsp3) is 0.471. The van der Waals surface area contributed by atoms with Crippen LogP contribution in [0.1, 0.15) is 26.2 Å². The maximum absolute atomic E-state index is 11.9. The molecule has 2 bridgehead atoms. The van der Waals surface area contributed by atoms with E-state index >= 15 is 0 Å². The lowest BCUT2D eigenvalue weighted by molar-refractivity contribution is -0.195. The van der Waals surface area contributed by atoms with E-state index in [2.05, 4.69) is 25.7 Å². The molecule has 5 rings (SSSR count). The van der Waals surface area contributed by atoms with Gasteiger partial charge in [0.1, 0.15) is 6.54 Å². The average molecular weight is 356 g/mol. The van der Waals surface area contributed by atoms with E-state index in [0.717, 1.165) is 23.9 Å². The number of hydrogen-bond donors (Lipinski definition) is 3. The number of nitrogens with one attached hydrogen (secondary N) is 2. The van der Waals surface area contributed by atoms with Gasteiger partial charge in [0.2, 0.25) is 11.9 Å². The summed E-state index contributed by atoms with van der Waals surface area (Å²) in [6.07, 6.45) is 5.45. The zero-order valence-corrected chi connectivity index (χ0v) is 14.4. The first-order chi connectivity index (χ1) is 12.4. The molecule has 0 unspecified atom stereocenters. The van der Waals surface area contributed by atoms with Crippen molar-refractivity contribution in [3.63, 3.8) is 0 Å². The predicted molar refractivity (Wildman–Crippen MR) is 93.4 cm³/mol. The fourth-order valence-corrected chi connectivity index (χ4v) is 3.73. The monoisotopic (exact) mass is 356 g/mol. The Kier molecular flexibility index (Phi) is 3.76. The molecule has 3 fully saturated rings. The highest BCUT2D eigenvalue weighted by Crippen LogP contribution is 2.61. The van der Waals surface area contributed by atoms with Gasteiger partial charge in [-0.2, -0.15) is 5.10 Å². The number of carbonyl (C=O) groups is 1. The van der Waals surface area contributed by atoms with Crippen LogP contribution in [-0.2, 0) is 11.3 Å². The van der Waals surface area contributed by atoms with Gasteiger partial charge < -0.3 is 15.7 Å². The van der Waals surface area contributed by atoms with Crippen LogP contribution in [0.3, 0.4) is 0 Å². The second-order valence-electron chi connectivity index (χ2n) is 7.12. The summed E-state index contributed by atoms with van der Waals surface area (Å²) in [5.41, 5.74) is 0.278. The zero-order chi connectivity index (χ0) is 18.4. The van der Waals surface area contributed by atoms with Crippen molar-refractivity contribution >= 4 is 11.9 Å². The molecular weight excluding hydrogens is 336 g/mol. The largest absolute Gasteiger partial charge is 0.390 e. The van der Waals surface area contributed by atoms with Crippen LogP contribution in [0.2, 0.25) is 0 Å². The fourth-order valence-electron chi connectivity index (χ4n) is 3.73. The van der Waals surface area contributed by atoms with Crippen LogP contribution in [0.4, 0.5) is 5.95 Å². The molecule has 0 saturated heterocycles. The van der Waals surface area contributed by atoms with Crippen molar-refractivity contribution in [2.24, 2.45) is 0 Å². The topological polar surface area (TPSA) is 122 Å². The molecule has 1 amide bonds. The van der Waals surface area contributed by atoms with Gasteiger partial charge in [-0.3, -0.25) is 9.59 Å². The summed E-state index contributed by atoms with van der Waals surface area (Å²) in [6.45, 7) is 2.17. The van der Waals surface area contributed by atoms with Crippen LogP contribution < -0.4 is 16.2 Å². The molecule has 3 saturated carbocycles. The molecular formula is C17H20N6O3. The number of hydrogen-bond acceptors (Lipinski definition) is 7. The molecule has 0 aliphatic heterocycles. The summed E-state index contributed by atoms with van der Waals surface area (Å²) >= 11 is 0. The second-order valence-corrected chi connectivity index (χ2v) is 7.12. The third-order valence-electron chi connectivity index (χ3n) is 4.86. The second kappa shape index (κ2) is 5.87. The molecule has 2 aromatic heterocycles.